The van der Waals surface area contributed by atoms with Gasteiger partial charge in [-0.1, -0.05) is 30.4 Å². The van der Waals surface area contributed by atoms with Crippen LogP contribution in [0.25, 0.3) is 11.4 Å². The zero-order chi connectivity index (χ0) is 16.0. The van der Waals surface area contributed by atoms with Crippen LogP contribution >= 0.6 is 12.2 Å². The van der Waals surface area contributed by atoms with Gasteiger partial charge >= 0.3 is 0 Å². The molecular weight excluding hydrogens is 308 g/mol. The first-order chi connectivity index (χ1) is 11.1. The summed E-state index contributed by atoms with van der Waals surface area (Å²) in [4.78, 5) is 7.71. The van der Waals surface area contributed by atoms with Crippen molar-refractivity contribution in [1.82, 2.24) is 9.97 Å². The van der Waals surface area contributed by atoms with Crippen molar-refractivity contribution in [2.24, 2.45) is 0 Å². The van der Waals surface area contributed by atoms with E-state index in [0.29, 0.717) is 22.8 Å². The van der Waals surface area contributed by atoms with Crippen LogP contribution in [-0.2, 0) is 6.42 Å². The summed E-state index contributed by atoms with van der Waals surface area (Å²) in [5.41, 5.74) is 3.96. The normalized spacial score (nSPS) is 12.2. The molecule has 114 valence electrons. The van der Waals surface area contributed by atoms with Crippen LogP contribution in [0.5, 0.6) is 17.4 Å². The van der Waals surface area contributed by atoms with Gasteiger partial charge in [0.05, 0.1) is 5.56 Å². The van der Waals surface area contributed by atoms with Crippen molar-refractivity contribution in [3.63, 3.8) is 0 Å². The highest BCUT2D eigenvalue weighted by atomic mass is 32.1. The number of H-pyrrole nitrogens is 1. The van der Waals surface area contributed by atoms with Crippen LogP contribution in [-0.4, -0.2) is 15.1 Å². The molecule has 0 saturated heterocycles. The first-order valence-electron chi connectivity index (χ1n) is 7.31. The number of rotatable bonds is 1. The molecule has 0 atom stereocenters. The van der Waals surface area contributed by atoms with Crippen molar-refractivity contribution in [1.29, 1.82) is 0 Å². The highest BCUT2D eigenvalue weighted by molar-refractivity contribution is 7.71. The van der Waals surface area contributed by atoms with Gasteiger partial charge in [-0.25, -0.2) is 4.98 Å². The van der Waals surface area contributed by atoms with Crippen LogP contribution < -0.4 is 4.74 Å². The van der Waals surface area contributed by atoms with Gasteiger partial charge in [-0.15, -0.1) is 0 Å². The smallest absolute Gasteiger partial charge is 0.205 e. The van der Waals surface area contributed by atoms with Crippen LogP contribution in [0.1, 0.15) is 16.7 Å². The Morgan fingerprint density at radius 3 is 2.74 bits per heavy atom. The van der Waals surface area contributed by atoms with Gasteiger partial charge in [-0.05, 0) is 42.3 Å². The average molecular weight is 322 g/mol. The van der Waals surface area contributed by atoms with E-state index in [1.807, 2.05) is 25.1 Å². The maximum atomic E-state index is 9.41. The molecule has 2 N–H and O–H groups in total. The molecule has 0 fully saturated rings. The fraction of sp³-hybridized carbons (Fsp3) is 0.111. The van der Waals surface area contributed by atoms with Gasteiger partial charge in [0, 0.05) is 12.0 Å². The lowest BCUT2D eigenvalue weighted by molar-refractivity contribution is 0.435. The first kappa shape index (κ1) is 14.0. The summed E-state index contributed by atoms with van der Waals surface area (Å²) < 4.78 is 6.60. The Hall–Kier alpha value is -2.66. The van der Waals surface area contributed by atoms with E-state index in [1.165, 1.54) is 0 Å². The molecule has 5 heteroatoms. The number of aromatic amines is 1. The number of ether oxygens (including phenoxy) is 1. The number of aryl methyl sites for hydroxylation is 1. The summed E-state index contributed by atoms with van der Waals surface area (Å²) in [6.07, 6.45) is 0.713. The first-order valence-corrected chi connectivity index (χ1v) is 7.71. The number of benzene rings is 2. The number of nitrogens with zero attached hydrogens (tertiary/aromatic N) is 1. The Morgan fingerprint density at radius 2 is 1.96 bits per heavy atom. The SMILES string of the molecule is Cc1cccc2c1Oc1[nH]c(-c3ccc(O)cc3)nc(=S)c1C2. The quantitative estimate of drug-likeness (QED) is 0.506. The third-order valence-electron chi connectivity index (χ3n) is 3.98. The summed E-state index contributed by atoms with van der Waals surface area (Å²) in [5.74, 6) is 2.38. The van der Waals surface area contributed by atoms with Crippen molar-refractivity contribution in [3.8, 4) is 28.8 Å². The molecular formula is C18H14N2O2S. The molecule has 0 radical (unpaired) electrons. The molecule has 3 aromatic rings. The van der Waals surface area contributed by atoms with Gasteiger partial charge in [0.1, 0.15) is 22.0 Å². The fourth-order valence-electron chi connectivity index (χ4n) is 2.77. The van der Waals surface area contributed by atoms with E-state index < -0.39 is 0 Å². The van der Waals surface area contributed by atoms with Crippen molar-refractivity contribution in [3.05, 3.63) is 63.8 Å². The highest BCUT2D eigenvalue weighted by Gasteiger charge is 2.21. The number of hydrogen-bond acceptors (Lipinski definition) is 4. The third kappa shape index (κ3) is 2.39. The van der Waals surface area contributed by atoms with Crippen molar-refractivity contribution in [2.45, 2.75) is 13.3 Å². The Morgan fingerprint density at radius 1 is 1.17 bits per heavy atom. The van der Waals surface area contributed by atoms with E-state index in [-0.39, 0.29) is 5.75 Å². The second kappa shape index (κ2) is 5.21. The molecule has 0 saturated carbocycles. The zero-order valence-electron chi connectivity index (χ0n) is 12.5. The van der Waals surface area contributed by atoms with Gasteiger partial charge in [0.25, 0.3) is 0 Å². The largest absolute Gasteiger partial charge is 0.508 e. The molecule has 2 aromatic carbocycles. The van der Waals surface area contributed by atoms with Crippen LogP contribution in [0.2, 0.25) is 0 Å². The van der Waals surface area contributed by atoms with Gasteiger partial charge in [-0.2, -0.15) is 0 Å². The summed E-state index contributed by atoms with van der Waals surface area (Å²) in [5, 5.41) is 9.41. The lowest BCUT2D eigenvalue weighted by Crippen LogP contribution is -2.08. The van der Waals surface area contributed by atoms with E-state index in [0.717, 1.165) is 28.0 Å². The van der Waals surface area contributed by atoms with Crippen LogP contribution in [0.3, 0.4) is 0 Å². The molecule has 0 aliphatic carbocycles. The van der Waals surface area contributed by atoms with E-state index in [9.17, 15) is 5.11 Å². The number of nitrogens with one attached hydrogen (secondary N) is 1. The summed E-state index contributed by atoms with van der Waals surface area (Å²) in [7, 11) is 0. The van der Waals surface area contributed by atoms with E-state index in [2.05, 4.69) is 9.97 Å². The van der Waals surface area contributed by atoms with Crippen LogP contribution in [0.4, 0.5) is 0 Å². The fourth-order valence-corrected chi connectivity index (χ4v) is 3.02. The molecule has 23 heavy (non-hydrogen) atoms. The van der Waals surface area contributed by atoms with Crippen molar-refractivity contribution < 1.29 is 9.84 Å². The van der Waals surface area contributed by atoms with Crippen molar-refractivity contribution >= 4 is 12.2 Å². The maximum Gasteiger partial charge on any atom is 0.205 e. The topological polar surface area (TPSA) is 58.1 Å². The molecule has 4 rings (SSSR count). The number of para-hydroxylation sites is 1. The zero-order valence-corrected chi connectivity index (χ0v) is 13.3. The minimum atomic E-state index is 0.214. The molecule has 0 spiro atoms. The summed E-state index contributed by atoms with van der Waals surface area (Å²) in [6.45, 7) is 2.03. The van der Waals surface area contributed by atoms with Gasteiger partial charge in [0.15, 0.2) is 0 Å². The minimum Gasteiger partial charge on any atom is -0.508 e. The number of fused-ring (bicyclic) bond motifs is 2. The number of hydrogen-bond donors (Lipinski definition) is 2. The number of phenols is 1. The molecule has 1 aliphatic heterocycles. The van der Waals surface area contributed by atoms with Crippen molar-refractivity contribution in [2.75, 3.05) is 0 Å². The summed E-state index contributed by atoms with van der Waals surface area (Å²) >= 11 is 5.45. The molecule has 1 aliphatic rings. The van der Waals surface area contributed by atoms with Gasteiger partial charge in [0.2, 0.25) is 5.88 Å². The Kier molecular flexibility index (Phi) is 3.16. The third-order valence-corrected chi connectivity index (χ3v) is 4.32. The Bertz CT molecular complexity index is 962. The van der Waals surface area contributed by atoms with E-state index >= 15 is 0 Å². The molecule has 2 heterocycles. The molecule has 1 aromatic heterocycles. The molecule has 0 unspecified atom stereocenters. The lowest BCUT2D eigenvalue weighted by atomic mass is 10.0. The Balaban J connectivity index is 1.83. The molecule has 0 bridgehead atoms. The Labute approximate surface area is 138 Å². The molecule has 0 amide bonds. The van der Waals surface area contributed by atoms with Crippen LogP contribution in [0.15, 0.2) is 42.5 Å². The number of aromatic hydroxyl groups is 1. The minimum absolute atomic E-state index is 0.214. The second-order valence-electron chi connectivity index (χ2n) is 5.59. The number of aromatic nitrogens is 2. The number of phenolic OH excluding ortho intramolecular Hbond substituents is 1. The molecule has 4 nitrogen and oxygen atoms in total. The average Bonchev–Trinajstić information content (AvgIpc) is 2.55. The highest BCUT2D eigenvalue weighted by Crippen LogP contribution is 2.38. The van der Waals surface area contributed by atoms with Crippen LogP contribution in [0, 0.1) is 11.6 Å². The monoisotopic (exact) mass is 322 g/mol. The standard InChI is InChI=1S/C18H14N2O2S/c1-10-3-2-4-12-9-14-17(22-15(10)12)19-16(20-18(14)23)11-5-7-13(21)8-6-11/h2-8,21H,9H2,1H3,(H,19,20,23). The lowest BCUT2D eigenvalue weighted by Gasteiger charge is -2.21. The summed E-state index contributed by atoms with van der Waals surface area (Å²) in [6, 6.07) is 12.9. The predicted octanol–water partition coefficient (Wildman–Crippen LogP) is 4.52. The van der Waals surface area contributed by atoms with Gasteiger partial charge in [-0.3, -0.25) is 0 Å². The maximum absolute atomic E-state index is 9.41. The van der Waals surface area contributed by atoms with Gasteiger partial charge < -0.3 is 14.8 Å². The predicted molar refractivity (Wildman–Crippen MR) is 90.6 cm³/mol. The second-order valence-corrected chi connectivity index (χ2v) is 5.97. The van der Waals surface area contributed by atoms with E-state index in [4.69, 9.17) is 17.0 Å². The van der Waals surface area contributed by atoms with E-state index in [1.54, 1.807) is 24.3 Å².